The number of para-hydroxylation sites is 1. The average Bonchev–Trinajstić information content (AvgIpc) is 2.66. The van der Waals surface area contributed by atoms with Gasteiger partial charge in [-0.2, -0.15) is 0 Å². The maximum atomic E-state index is 12.0. The van der Waals surface area contributed by atoms with Gasteiger partial charge in [-0.25, -0.2) is 4.99 Å². The van der Waals surface area contributed by atoms with E-state index in [1.807, 2.05) is 31.2 Å². The number of carbonyl (C=O) groups excluding carboxylic acids is 1. The summed E-state index contributed by atoms with van der Waals surface area (Å²) in [5.41, 5.74) is 1.04. The highest BCUT2D eigenvalue weighted by Gasteiger charge is 2.22. The van der Waals surface area contributed by atoms with Crippen LogP contribution in [0.15, 0.2) is 29.3 Å². The van der Waals surface area contributed by atoms with Crippen LogP contribution in [0.2, 0.25) is 0 Å². The maximum absolute atomic E-state index is 12.0. The Morgan fingerprint density at radius 3 is 2.70 bits per heavy atom. The summed E-state index contributed by atoms with van der Waals surface area (Å²) < 4.78 is 5.70. The van der Waals surface area contributed by atoms with Gasteiger partial charge in [0.05, 0.1) is 19.7 Å². The second-order valence-corrected chi connectivity index (χ2v) is 7.36. The first-order valence-electron chi connectivity index (χ1n) is 9.97. The normalized spacial score (nSPS) is 20.1. The van der Waals surface area contributed by atoms with Crippen LogP contribution >= 0.6 is 0 Å². The minimum absolute atomic E-state index is 0.0240. The summed E-state index contributed by atoms with van der Waals surface area (Å²) >= 11 is 0. The van der Waals surface area contributed by atoms with E-state index in [1.54, 1.807) is 19.0 Å². The molecule has 0 aliphatic heterocycles. The number of benzene rings is 1. The minimum Gasteiger partial charge on any atom is -0.494 e. The summed E-state index contributed by atoms with van der Waals surface area (Å²) in [5, 5.41) is 6.75. The minimum atomic E-state index is 0.0240. The summed E-state index contributed by atoms with van der Waals surface area (Å²) in [7, 11) is 3.52. The molecule has 0 saturated heterocycles. The number of nitrogens with one attached hydrogen (secondary N) is 2. The number of ether oxygens (including phenoxy) is 1. The second-order valence-electron chi connectivity index (χ2n) is 7.36. The Balaban J connectivity index is 2.09. The van der Waals surface area contributed by atoms with Crippen LogP contribution in [0.25, 0.3) is 0 Å². The highest BCUT2D eigenvalue weighted by molar-refractivity contribution is 5.86. The molecule has 0 radical (unpaired) electrons. The van der Waals surface area contributed by atoms with Crippen LogP contribution in [0, 0.1) is 5.92 Å². The molecule has 1 amide bonds. The van der Waals surface area contributed by atoms with Crippen LogP contribution in [-0.4, -0.2) is 50.1 Å². The number of carbonyl (C=O) groups is 1. The van der Waals surface area contributed by atoms with Gasteiger partial charge < -0.3 is 20.3 Å². The quantitative estimate of drug-likeness (QED) is 0.569. The molecular weight excluding hydrogens is 340 g/mol. The average molecular weight is 375 g/mol. The SMILES string of the molecule is CCOc1ccccc1CN=C(NCC(=O)N(C)C)NC1CCCCC1C. The molecule has 2 N–H and O–H groups in total. The molecule has 1 aromatic rings. The highest BCUT2D eigenvalue weighted by atomic mass is 16.5. The first kappa shape index (κ1) is 21.1. The fourth-order valence-corrected chi connectivity index (χ4v) is 3.27. The third-order valence-electron chi connectivity index (χ3n) is 5.02. The number of hydrogen-bond donors (Lipinski definition) is 2. The summed E-state index contributed by atoms with van der Waals surface area (Å²) in [5.74, 6) is 2.18. The van der Waals surface area contributed by atoms with Gasteiger partial charge in [-0.3, -0.25) is 4.79 Å². The zero-order chi connectivity index (χ0) is 19.6. The zero-order valence-electron chi connectivity index (χ0n) is 17.1. The molecule has 0 bridgehead atoms. The Hall–Kier alpha value is -2.24. The van der Waals surface area contributed by atoms with Crippen LogP contribution in [0.5, 0.6) is 5.75 Å². The van der Waals surface area contributed by atoms with Crippen LogP contribution < -0.4 is 15.4 Å². The number of nitrogens with zero attached hydrogens (tertiary/aromatic N) is 2. The fourth-order valence-electron chi connectivity index (χ4n) is 3.27. The van der Waals surface area contributed by atoms with Crippen molar-refractivity contribution in [3.8, 4) is 5.75 Å². The monoisotopic (exact) mass is 374 g/mol. The zero-order valence-corrected chi connectivity index (χ0v) is 17.1. The summed E-state index contributed by atoms with van der Waals surface area (Å²) in [6.07, 6.45) is 4.90. The Morgan fingerprint density at radius 1 is 1.26 bits per heavy atom. The van der Waals surface area contributed by atoms with Crippen molar-refractivity contribution in [3.63, 3.8) is 0 Å². The van der Waals surface area contributed by atoms with Gasteiger partial charge in [-0.15, -0.1) is 0 Å². The largest absolute Gasteiger partial charge is 0.494 e. The molecule has 1 aromatic carbocycles. The molecule has 1 aliphatic rings. The second kappa shape index (κ2) is 10.8. The standard InChI is InChI=1S/C21H34N4O2/c1-5-27-19-13-9-7-11-17(19)14-22-21(23-15-20(26)25(3)4)24-18-12-8-6-10-16(18)2/h7,9,11,13,16,18H,5-6,8,10,12,14-15H2,1-4H3,(H2,22,23,24). The molecule has 0 spiro atoms. The predicted octanol–water partition coefficient (Wildman–Crippen LogP) is 2.79. The molecule has 0 aromatic heterocycles. The molecule has 0 heterocycles. The van der Waals surface area contributed by atoms with E-state index in [1.165, 1.54) is 19.3 Å². The lowest BCUT2D eigenvalue weighted by Gasteiger charge is -2.31. The van der Waals surface area contributed by atoms with Crippen LogP contribution in [-0.2, 0) is 11.3 Å². The first-order chi connectivity index (χ1) is 13.0. The lowest BCUT2D eigenvalue weighted by Crippen LogP contribution is -2.49. The van der Waals surface area contributed by atoms with Crippen molar-refractivity contribution in [2.45, 2.75) is 52.1 Å². The molecule has 27 heavy (non-hydrogen) atoms. The van der Waals surface area contributed by atoms with Crippen molar-refractivity contribution >= 4 is 11.9 Å². The Morgan fingerprint density at radius 2 is 2.00 bits per heavy atom. The van der Waals surface area contributed by atoms with Gasteiger partial charge in [-0.1, -0.05) is 38.0 Å². The van der Waals surface area contributed by atoms with Crippen molar-refractivity contribution in [3.05, 3.63) is 29.8 Å². The Bertz CT molecular complexity index is 630. The number of likely N-dealkylation sites (N-methyl/N-ethyl adjacent to an activating group) is 1. The van der Waals surface area contributed by atoms with Crippen molar-refractivity contribution in [1.82, 2.24) is 15.5 Å². The Labute approximate surface area is 163 Å². The number of aliphatic imine (C=N–C) groups is 1. The maximum Gasteiger partial charge on any atom is 0.241 e. The summed E-state index contributed by atoms with van der Waals surface area (Å²) in [6, 6.07) is 8.34. The number of amides is 1. The van der Waals surface area contributed by atoms with Gasteiger partial charge in [0.25, 0.3) is 0 Å². The van der Waals surface area contributed by atoms with Crippen molar-refractivity contribution in [2.75, 3.05) is 27.2 Å². The molecule has 6 heteroatoms. The van der Waals surface area contributed by atoms with Crippen molar-refractivity contribution in [1.29, 1.82) is 0 Å². The Kier molecular flexibility index (Phi) is 8.43. The number of guanidine groups is 1. The third kappa shape index (κ3) is 6.77. The van der Waals surface area contributed by atoms with E-state index in [2.05, 4.69) is 17.6 Å². The molecule has 1 saturated carbocycles. The topological polar surface area (TPSA) is 66.0 Å². The van der Waals surface area contributed by atoms with E-state index in [0.717, 1.165) is 17.7 Å². The summed E-state index contributed by atoms with van der Waals surface area (Å²) in [4.78, 5) is 18.3. The van der Waals surface area contributed by atoms with E-state index in [9.17, 15) is 4.79 Å². The number of rotatable bonds is 7. The van der Waals surface area contributed by atoms with E-state index in [-0.39, 0.29) is 12.5 Å². The van der Waals surface area contributed by atoms with Gasteiger partial charge in [0.15, 0.2) is 5.96 Å². The molecule has 1 aliphatic carbocycles. The first-order valence-corrected chi connectivity index (χ1v) is 9.97. The molecule has 1 fully saturated rings. The fraction of sp³-hybridized carbons (Fsp3) is 0.619. The van der Waals surface area contributed by atoms with Crippen LogP contribution in [0.1, 0.15) is 45.1 Å². The molecule has 6 nitrogen and oxygen atoms in total. The third-order valence-corrected chi connectivity index (χ3v) is 5.02. The lowest BCUT2D eigenvalue weighted by molar-refractivity contribution is -0.127. The highest BCUT2D eigenvalue weighted by Crippen LogP contribution is 2.24. The van der Waals surface area contributed by atoms with Crippen LogP contribution in [0.4, 0.5) is 0 Å². The van der Waals surface area contributed by atoms with Crippen molar-refractivity contribution in [2.24, 2.45) is 10.9 Å². The lowest BCUT2D eigenvalue weighted by atomic mass is 9.86. The van der Waals surface area contributed by atoms with Gasteiger partial charge >= 0.3 is 0 Å². The van der Waals surface area contributed by atoms with Crippen molar-refractivity contribution < 1.29 is 9.53 Å². The van der Waals surface area contributed by atoms with Gasteiger partial charge in [0, 0.05) is 25.7 Å². The molecular formula is C21H34N4O2. The summed E-state index contributed by atoms with van der Waals surface area (Å²) in [6.45, 7) is 5.62. The van der Waals surface area contributed by atoms with Crippen LogP contribution in [0.3, 0.4) is 0 Å². The van der Waals surface area contributed by atoms with Gasteiger partial charge in [-0.05, 0) is 31.7 Å². The smallest absolute Gasteiger partial charge is 0.241 e. The molecule has 2 rings (SSSR count). The predicted molar refractivity (Wildman–Crippen MR) is 110 cm³/mol. The van der Waals surface area contributed by atoms with Gasteiger partial charge in [0.2, 0.25) is 5.91 Å². The van der Waals surface area contributed by atoms with E-state index in [0.29, 0.717) is 31.1 Å². The molecule has 150 valence electrons. The molecule has 2 unspecified atom stereocenters. The molecule has 2 atom stereocenters. The van der Waals surface area contributed by atoms with E-state index < -0.39 is 0 Å². The van der Waals surface area contributed by atoms with E-state index in [4.69, 9.17) is 9.73 Å². The van der Waals surface area contributed by atoms with Gasteiger partial charge in [0.1, 0.15) is 5.75 Å². The van der Waals surface area contributed by atoms with E-state index >= 15 is 0 Å². The number of hydrogen-bond acceptors (Lipinski definition) is 3.